The van der Waals surface area contributed by atoms with Crippen LogP contribution in [0.3, 0.4) is 0 Å². The highest BCUT2D eigenvalue weighted by molar-refractivity contribution is 6.16. The number of amides is 1. The number of carbonyl (C=O) groups excluding carboxylic acids is 2. The van der Waals surface area contributed by atoms with Crippen LogP contribution < -0.4 is 0 Å². The predicted molar refractivity (Wildman–Crippen MR) is 108 cm³/mol. The first kappa shape index (κ1) is 18.8. The van der Waals surface area contributed by atoms with Gasteiger partial charge in [-0.1, -0.05) is 43.7 Å². The quantitative estimate of drug-likeness (QED) is 0.603. The van der Waals surface area contributed by atoms with Crippen molar-refractivity contribution in [1.29, 1.82) is 0 Å². The van der Waals surface area contributed by atoms with Crippen molar-refractivity contribution in [3.8, 4) is 5.75 Å². The van der Waals surface area contributed by atoms with E-state index < -0.39 is 23.5 Å². The number of aliphatic hydroxyl groups is 1. The maximum atomic E-state index is 13.3. The molecule has 3 aromatic rings. The van der Waals surface area contributed by atoms with Crippen molar-refractivity contribution in [2.24, 2.45) is 0 Å². The molecule has 1 atom stereocenters. The van der Waals surface area contributed by atoms with Gasteiger partial charge in [-0.2, -0.15) is 0 Å². The smallest absolute Gasteiger partial charge is 0.290 e. The van der Waals surface area contributed by atoms with Crippen LogP contribution >= 0.6 is 0 Å². The molecule has 4 rings (SSSR count). The number of Topliss-reactive ketones (excluding diaryl/α,β-unsaturated/α-hetero) is 1. The number of phenols is 1. The molecule has 0 bridgehead atoms. The molecule has 0 radical (unpaired) electrons. The molecule has 2 heterocycles. The molecule has 1 aliphatic heterocycles. The molecule has 1 amide bonds. The number of hydrogen-bond donors (Lipinski definition) is 2. The zero-order valence-electron chi connectivity index (χ0n) is 16.0. The van der Waals surface area contributed by atoms with Crippen LogP contribution in [0.25, 0.3) is 11.0 Å². The van der Waals surface area contributed by atoms with E-state index in [0.717, 1.165) is 18.2 Å². The lowest BCUT2D eigenvalue weighted by Gasteiger charge is -2.26. The van der Waals surface area contributed by atoms with E-state index >= 15 is 0 Å². The summed E-state index contributed by atoms with van der Waals surface area (Å²) in [6.45, 7) is 2.41. The number of aromatic hydroxyl groups is 1. The molecule has 0 saturated carbocycles. The van der Waals surface area contributed by atoms with E-state index in [9.17, 15) is 19.8 Å². The predicted octanol–water partition coefficient (Wildman–Crippen LogP) is 4.52. The zero-order chi connectivity index (χ0) is 20.5. The average molecular weight is 391 g/mol. The van der Waals surface area contributed by atoms with Gasteiger partial charge in [0.15, 0.2) is 11.5 Å². The number of ketones is 1. The first-order chi connectivity index (χ1) is 14.0. The van der Waals surface area contributed by atoms with E-state index in [1.165, 1.54) is 17.0 Å². The number of rotatable bonds is 6. The molecule has 2 N–H and O–H groups in total. The summed E-state index contributed by atoms with van der Waals surface area (Å²) in [6.07, 6.45) is 1.60. The normalized spacial score (nSPS) is 16.8. The Bertz CT molecular complexity index is 1080. The second kappa shape index (κ2) is 7.47. The number of fused-ring (bicyclic) bond motifs is 1. The van der Waals surface area contributed by atoms with Crippen LogP contribution in [-0.4, -0.2) is 33.3 Å². The molecule has 2 aromatic carbocycles. The number of para-hydroxylation sites is 1. The van der Waals surface area contributed by atoms with Crippen LogP contribution in [0, 0.1) is 0 Å². The third-order valence-electron chi connectivity index (χ3n) is 5.16. The fraction of sp³-hybridized carbons (Fsp3) is 0.217. The van der Waals surface area contributed by atoms with Crippen molar-refractivity contribution in [2.45, 2.75) is 25.8 Å². The van der Waals surface area contributed by atoms with E-state index in [2.05, 4.69) is 0 Å². The van der Waals surface area contributed by atoms with E-state index in [-0.39, 0.29) is 17.1 Å². The van der Waals surface area contributed by atoms with Crippen molar-refractivity contribution in [2.75, 3.05) is 6.54 Å². The molecule has 0 saturated heterocycles. The first-order valence-corrected chi connectivity index (χ1v) is 9.57. The summed E-state index contributed by atoms with van der Waals surface area (Å²) in [4.78, 5) is 27.6. The van der Waals surface area contributed by atoms with Gasteiger partial charge in [-0.25, -0.2) is 0 Å². The Morgan fingerprint density at radius 3 is 2.52 bits per heavy atom. The summed E-state index contributed by atoms with van der Waals surface area (Å²) in [6, 6.07) is 14.4. The topological polar surface area (TPSA) is 91.0 Å². The molecule has 1 aliphatic rings. The SMILES string of the molecule is CCCCN1C(=O)C(O)=C(C(=O)c2cc3ccccc3o2)C1c1ccc(O)cc1. The Hall–Kier alpha value is -3.54. The Kier molecular flexibility index (Phi) is 4.84. The Morgan fingerprint density at radius 1 is 1.10 bits per heavy atom. The van der Waals surface area contributed by atoms with Gasteiger partial charge in [0.05, 0.1) is 11.6 Å². The fourth-order valence-corrected chi connectivity index (χ4v) is 3.67. The molecule has 0 fully saturated rings. The second-order valence-electron chi connectivity index (χ2n) is 7.09. The maximum Gasteiger partial charge on any atom is 0.290 e. The van der Waals surface area contributed by atoms with Gasteiger partial charge in [-0.3, -0.25) is 9.59 Å². The molecule has 0 spiro atoms. The minimum atomic E-state index is -0.740. The summed E-state index contributed by atoms with van der Waals surface area (Å²) in [5, 5.41) is 21.0. The van der Waals surface area contributed by atoms with Crippen LogP contribution in [0.2, 0.25) is 0 Å². The lowest BCUT2D eigenvalue weighted by molar-refractivity contribution is -0.129. The van der Waals surface area contributed by atoms with E-state index in [0.29, 0.717) is 17.7 Å². The fourth-order valence-electron chi connectivity index (χ4n) is 3.67. The molecule has 29 heavy (non-hydrogen) atoms. The lowest BCUT2D eigenvalue weighted by Crippen LogP contribution is -2.32. The highest BCUT2D eigenvalue weighted by Gasteiger charge is 2.44. The molecular formula is C23H21NO5. The third kappa shape index (κ3) is 3.27. The second-order valence-corrected chi connectivity index (χ2v) is 7.09. The largest absolute Gasteiger partial charge is 0.508 e. The first-order valence-electron chi connectivity index (χ1n) is 9.57. The molecular weight excluding hydrogens is 370 g/mol. The van der Waals surface area contributed by atoms with Gasteiger partial charge < -0.3 is 19.5 Å². The van der Waals surface area contributed by atoms with Gasteiger partial charge in [-0.15, -0.1) is 0 Å². The Labute approximate surface area is 167 Å². The van der Waals surface area contributed by atoms with Crippen LogP contribution in [-0.2, 0) is 4.79 Å². The molecule has 1 unspecified atom stereocenters. The summed E-state index contributed by atoms with van der Waals surface area (Å²) in [5.41, 5.74) is 1.19. The summed E-state index contributed by atoms with van der Waals surface area (Å²) >= 11 is 0. The van der Waals surface area contributed by atoms with Crippen molar-refractivity contribution in [3.05, 3.63) is 77.3 Å². The number of aliphatic hydroxyl groups excluding tert-OH is 1. The van der Waals surface area contributed by atoms with Crippen molar-refractivity contribution in [1.82, 2.24) is 4.90 Å². The number of phenolic OH excluding ortho intramolecular Hbond substituents is 1. The Morgan fingerprint density at radius 2 is 1.83 bits per heavy atom. The highest BCUT2D eigenvalue weighted by atomic mass is 16.3. The summed E-state index contributed by atoms with van der Waals surface area (Å²) < 4.78 is 5.68. The maximum absolute atomic E-state index is 13.3. The van der Waals surface area contributed by atoms with Gasteiger partial charge in [0.25, 0.3) is 5.91 Å². The van der Waals surface area contributed by atoms with Crippen LogP contribution in [0.1, 0.15) is 41.9 Å². The third-order valence-corrected chi connectivity index (χ3v) is 5.16. The van der Waals surface area contributed by atoms with Gasteiger partial charge in [-0.05, 0) is 36.2 Å². The minimum Gasteiger partial charge on any atom is -0.508 e. The molecule has 1 aromatic heterocycles. The van der Waals surface area contributed by atoms with Crippen LogP contribution in [0.4, 0.5) is 0 Å². The van der Waals surface area contributed by atoms with Gasteiger partial charge in [0, 0.05) is 11.9 Å². The number of benzene rings is 2. The van der Waals surface area contributed by atoms with Crippen molar-refractivity contribution >= 4 is 22.7 Å². The molecule has 6 heteroatoms. The number of nitrogens with zero attached hydrogens (tertiary/aromatic N) is 1. The van der Waals surface area contributed by atoms with E-state index in [1.54, 1.807) is 24.3 Å². The number of hydrogen-bond acceptors (Lipinski definition) is 5. The number of furan rings is 1. The molecule has 6 nitrogen and oxygen atoms in total. The monoisotopic (exact) mass is 391 g/mol. The summed E-state index contributed by atoms with van der Waals surface area (Å²) in [5.74, 6) is -1.50. The minimum absolute atomic E-state index is 0.00384. The lowest BCUT2D eigenvalue weighted by atomic mass is 9.95. The number of unbranched alkanes of at least 4 members (excludes halogenated alkanes) is 1. The number of carbonyl (C=O) groups is 2. The van der Waals surface area contributed by atoms with Crippen molar-refractivity contribution in [3.63, 3.8) is 0 Å². The van der Waals surface area contributed by atoms with Gasteiger partial charge >= 0.3 is 0 Å². The molecule has 148 valence electrons. The van der Waals surface area contributed by atoms with Gasteiger partial charge in [0.1, 0.15) is 11.3 Å². The van der Waals surface area contributed by atoms with Crippen LogP contribution in [0.15, 0.2) is 70.3 Å². The average Bonchev–Trinajstić information content (AvgIpc) is 3.26. The van der Waals surface area contributed by atoms with Crippen molar-refractivity contribution < 1.29 is 24.2 Å². The Balaban J connectivity index is 1.79. The van der Waals surface area contributed by atoms with E-state index in [4.69, 9.17) is 4.42 Å². The standard InChI is InChI=1S/C23H21NO5/c1-2-3-12-24-20(14-8-10-16(25)11-9-14)19(22(27)23(24)28)21(26)18-13-15-6-4-5-7-17(15)29-18/h4-11,13,20,25,27H,2-3,12H2,1H3. The summed E-state index contributed by atoms with van der Waals surface area (Å²) in [7, 11) is 0. The van der Waals surface area contributed by atoms with Crippen LogP contribution in [0.5, 0.6) is 5.75 Å². The van der Waals surface area contributed by atoms with E-state index in [1.807, 2.05) is 25.1 Å². The molecule has 0 aliphatic carbocycles. The highest BCUT2D eigenvalue weighted by Crippen LogP contribution is 2.40. The van der Waals surface area contributed by atoms with Gasteiger partial charge in [0.2, 0.25) is 5.78 Å². The zero-order valence-corrected chi connectivity index (χ0v) is 16.0.